The molecule has 0 amide bonds. The molecule has 100 valence electrons. The fourth-order valence-electron chi connectivity index (χ4n) is 1.88. The molecule has 2 aromatic rings. The summed E-state index contributed by atoms with van der Waals surface area (Å²) in [4.78, 5) is 14.8. The Kier molecular flexibility index (Phi) is 3.80. The van der Waals surface area contributed by atoms with E-state index in [2.05, 4.69) is 10.1 Å². The van der Waals surface area contributed by atoms with Crippen LogP contribution in [-0.4, -0.2) is 25.8 Å². The van der Waals surface area contributed by atoms with Crippen LogP contribution in [0, 0.1) is 13.8 Å². The summed E-state index contributed by atoms with van der Waals surface area (Å²) in [5.41, 5.74) is 3.22. The van der Waals surface area contributed by atoms with Gasteiger partial charge in [0.1, 0.15) is 5.01 Å². The molecule has 0 radical (unpaired) electrons. The first-order chi connectivity index (χ1) is 9.02. The highest BCUT2D eigenvalue weighted by atomic mass is 32.1. The van der Waals surface area contributed by atoms with Gasteiger partial charge in [-0.25, -0.2) is 9.78 Å². The van der Waals surface area contributed by atoms with Crippen LogP contribution in [-0.2, 0) is 6.54 Å². The maximum atomic E-state index is 10.7. The van der Waals surface area contributed by atoms with E-state index in [0.717, 1.165) is 23.5 Å². The van der Waals surface area contributed by atoms with Crippen LogP contribution < -0.4 is 0 Å². The maximum absolute atomic E-state index is 10.7. The Morgan fingerprint density at radius 2 is 2.21 bits per heavy atom. The number of carboxylic acid groups (broad SMARTS) is 1. The van der Waals surface area contributed by atoms with E-state index in [-0.39, 0.29) is 5.69 Å². The zero-order valence-electron chi connectivity index (χ0n) is 11.0. The van der Waals surface area contributed by atoms with Crippen LogP contribution in [0.25, 0.3) is 12.2 Å². The third-order valence-corrected chi connectivity index (χ3v) is 3.68. The minimum atomic E-state index is -0.998. The van der Waals surface area contributed by atoms with Crippen molar-refractivity contribution in [3.63, 3.8) is 0 Å². The molecule has 0 fully saturated rings. The molecule has 0 saturated heterocycles. The summed E-state index contributed by atoms with van der Waals surface area (Å²) in [6.45, 7) is 6.87. The van der Waals surface area contributed by atoms with Gasteiger partial charge in [0.15, 0.2) is 5.69 Å². The van der Waals surface area contributed by atoms with Gasteiger partial charge in [-0.2, -0.15) is 5.10 Å². The number of aromatic nitrogens is 3. The van der Waals surface area contributed by atoms with Gasteiger partial charge in [0.05, 0.1) is 5.69 Å². The maximum Gasteiger partial charge on any atom is 0.355 e. The van der Waals surface area contributed by atoms with E-state index >= 15 is 0 Å². The van der Waals surface area contributed by atoms with Crippen LogP contribution in [0.1, 0.15) is 39.4 Å². The highest BCUT2D eigenvalue weighted by Gasteiger charge is 2.09. The number of hydrogen-bond acceptors (Lipinski definition) is 4. The molecule has 0 aliphatic heterocycles. The number of aryl methyl sites for hydroxylation is 2. The quantitative estimate of drug-likeness (QED) is 0.933. The van der Waals surface area contributed by atoms with E-state index < -0.39 is 5.97 Å². The fraction of sp³-hybridized carbons (Fsp3) is 0.308. The lowest BCUT2D eigenvalue weighted by atomic mass is 10.2. The van der Waals surface area contributed by atoms with Crippen LogP contribution in [0.2, 0.25) is 0 Å². The minimum Gasteiger partial charge on any atom is -0.476 e. The van der Waals surface area contributed by atoms with Crippen molar-refractivity contribution in [2.75, 3.05) is 0 Å². The van der Waals surface area contributed by atoms with Crippen molar-refractivity contribution >= 4 is 29.5 Å². The molecular formula is C13H15N3O2S. The van der Waals surface area contributed by atoms with Crippen molar-refractivity contribution in [2.45, 2.75) is 27.3 Å². The highest BCUT2D eigenvalue weighted by Crippen LogP contribution is 2.18. The van der Waals surface area contributed by atoms with E-state index in [4.69, 9.17) is 5.11 Å². The lowest BCUT2D eigenvalue weighted by Gasteiger charge is -1.98. The normalized spacial score (nSPS) is 11.3. The van der Waals surface area contributed by atoms with Gasteiger partial charge in [-0.15, -0.1) is 11.3 Å². The van der Waals surface area contributed by atoms with Crippen molar-refractivity contribution < 1.29 is 9.90 Å². The van der Waals surface area contributed by atoms with Crippen molar-refractivity contribution in [1.82, 2.24) is 14.8 Å². The molecule has 0 aliphatic carbocycles. The van der Waals surface area contributed by atoms with Gasteiger partial charge in [-0.1, -0.05) is 0 Å². The zero-order valence-corrected chi connectivity index (χ0v) is 11.9. The average molecular weight is 277 g/mol. The molecule has 1 N–H and O–H groups in total. The van der Waals surface area contributed by atoms with E-state index in [1.165, 1.54) is 16.7 Å². The molecule has 0 aromatic carbocycles. The molecule has 0 spiro atoms. The molecule has 2 heterocycles. The SMILES string of the molecule is CCn1nc(C)c(/C=C/c2nc(C(=O)O)cs2)c1C. The summed E-state index contributed by atoms with van der Waals surface area (Å²) in [6.07, 6.45) is 3.77. The third kappa shape index (κ3) is 2.73. The molecule has 0 atom stereocenters. The average Bonchev–Trinajstić information content (AvgIpc) is 2.93. The Hall–Kier alpha value is -1.95. The standard InChI is InChI=1S/C13H15N3O2S/c1-4-16-9(3)10(8(2)15-16)5-6-12-14-11(7-19-12)13(17)18/h5-7H,4H2,1-3H3,(H,17,18)/b6-5+. The molecule has 0 bridgehead atoms. The molecule has 2 rings (SSSR count). The van der Waals surface area contributed by atoms with E-state index in [0.29, 0.717) is 5.01 Å². The van der Waals surface area contributed by atoms with Gasteiger partial charge < -0.3 is 5.11 Å². The lowest BCUT2D eigenvalue weighted by Crippen LogP contribution is -1.98. The summed E-state index contributed by atoms with van der Waals surface area (Å²) >= 11 is 1.32. The smallest absolute Gasteiger partial charge is 0.355 e. The predicted octanol–water partition coefficient (Wildman–Crippen LogP) is 2.84. The molecule has 5 nitrogen and oxygen atoms in total. The Labute approximate surface area is 115 Å². The van der Waals surface area contributed by atoms with Crippen LogP contribution in [0.15, 0.2) is 5.38 Å². The molecule has 0 unspecified atom stereocenters. The first kappa shape index (κ1) is 13.5. The number of rotatable bonds is 4. The van der Waals surface area contributed by atoms with Gasteiger partial charge in [-0.05, 0) is 32.9 Å². The summed E-state index contributed by atoms with van der Waals surface area (Å²) in [5, 5.41) is 15.5. The highest BCUT2D eigenvalue weighted by molar-refractivity contribution is 7.10. The Balaban J connectivity index is 2.27. The predicted molar refractivity (Wildman–Crippen MR) is 75.4 cm³/mol. The first-order valence-electron chi connectivity index (χ1n) is 5.93. The summed E-state index contributed by atoms with van der Waals surface area (Å²) in [6, 6.07) is 0. The topological polar surface area (TPSA) is 68.0 Å². The molecule has 6 heteroatoms. The monoisotopic (exact) mass is 277 g/mol. The van der Waals surface area contributed by atoms with Gasteiger partial charge >= 0.3 is 5.97 Å². The second kappa shape index (κ2) is 5.36. The lowest BCUT2D eigenvalue weighted by molar-refractivity contribution is 0.0691. The number of hydrogen-bond donors (Lipinski definition) is 1. The zero-order chi connectivity index (χ0) is 14.0. The van der Waals surface area contributed by atoms with Crippen molar-refractivity contribution in [3.8, 4) is 0 Å². The third-order valence-electron chi connectivity index (χ3n) is 2.87. The first-order valence-corrected chi connectivity index (χ1v) is 6.81. The summed E-state index contributed by atoms with van der Waals surface area (Å²) in [7, 11) is 0. The van der Waals surface area contributed by atoms with Gasteiger partial charge in [-0.3, -0.25) is 4.68 Å². The van der Waals surface area contributed by atoms with Gasteiger partial charge in [0, 0.05) is 23.2 Å². The Morgan fingerprint density at radius 1 is 1.47 bits per heavy atom. The van der Waals surface area contributed by atoms with Crippen LogP contribution >= 0.6 is 11.3 Å². The Morgan fingerprint density at radius 3 is 2.74 bits per heavy atom. The summed E-state index contributed by atoms with van der Waals surface area (Å²) in [5.74, 6) is -0.998. The number of carbonyl (C=O) groups is 1. The summed E-state index contributed by atoms with van der Waals surface area (Å²) < 4.78 is 1.94. The molecule has 0 aliphatic rings. The molecule has 19 heavy (non-hydrogen) atoms. The molecule has 0 saturated carbocycles. The fourth-order valence-corrected chi connectivity index (χ4v) is 2.56. The van der Waals surface area contributed by atoms with Gasteiger partial charge in [0.2, 0.25) is 0 Å². The largest absolute Gasteiger partial charge is 0.476 e. The Bertz CT molecular complexity index is 640. The van der Waals surface area contributed by atoms with Crippen molar-refractivity contribution in [3.05, 3.63) is 33.0 Å². The van der Waals surface area contributed by atoms with Crippen molar-refractivity contribution in [2.24, 2.45) is 0 Å². The number of nitrogens with zero attached hydrogens (tertiary/aromatic N) is 3. The number of carboxylic acids is 1. The minimum absolute atomic E-state index is 0.0855. The molecular weight excluding hydrogens is 262 g/mol. The van der Waals surface area contributed by atoms with E-state index in [1.807, 2.05) is 37.6 Å². The number of thiazole rings is 1. The van der Waals surface area contributed by atoms with E-state index in [1.54, 1.807) is 0 Å². The van der Waals surface area contributed by atoms with E-state index in [9.17, 15) is 4.79 Å². The van der Waals surface area contributed by atoms with Crippen LogP contribution in [0.5, 0.6) is 0 Å². The van der Waals surface area contributed by atoms with Gasteiger partial charge in [0.25, 0.3) is 0 Å². The van der Waals surface area contributed by atoms with Crippen LogP contribution in [0.3, 0.4) is 0 Å². The second-order valence-electron chi connectivity index (χ2n) is 4.11. The molecule has 2 aromatic heterocycles. The number of aromatic carboxylic acids is 1. The second-order valence-corrected chi connectivity index (χ2v) is 5.00. The van der Waals surface area contributed by atoms with Crippen molar-refractivity contribution in [1.29, 1.82) is 0 Å². The van der Waals surface area contributed by atoms with Crippen LogP contribution in [0.4, 0.5) is 0 Å².